The molecule has 1 aliphatic heterocycles. The molecular formula is C16H20N2O3S. The summed E-state index contributed by atoms with van der Waals surface area (Å²) in [6, 6.07) is 4.94. The number of fused-ring (bicyclic) bond motifs is 1. The SMILES string of the molecule is CC=CC=CC(=O)N1CCc2ccc(S(=O)(=O)NCC)cc21. The molecule has 0 aromatic heterocycles. The molecule has 1 aromatic rings. The van der Waals surface area contributed by atoms with Gasteiger partial charge in [0.25, 0.3) is 5.91 Å². The molecule has 1 heterocycles. The molecule has 0 saturated carbocycles. The zero-order valence-electron chi connectivity index (χ0n) is 12.7. The van der Waals surface area contributed by atoms with E-state index in [2.05, 4.69) is 4.72 Å². The molecular weight excluding hydrogens is 300 g/mol. The van der Waals surface area contributed by atoms with E-state index in [1.54, 1.807) is 42.2 Å². The highest BCUT2D eigenvalue weighted by Gasteiger charge is 2.25. The third-order valence-corrected chi connectivity index (χ3v) is 4.95. The Labute approximate surface area is 131 Å². The Morgan fingerprint density at radius 3 is 2.82 bits per heavy atom. The summed E-state index contributed by atoms with van der Waals surface area (Å²) in [4.78, 5) is 14.0. The second-order valence-electron chi connectivity index (χ2n) is 4.92. The van der Waals surface area contributed by atoms with Crippen molar-refractivity contribution in [3.8, 4) is 0 Å². The maximum atomic E-state index is 12.2. The van der Waals surface area contributed by atoms with Crippen molar-refractivity contribution >= 4 is 21.6 Å². The average Bonchev–Trinajstić information content (AvgIpc) is 2.90. The van der Waals surface area contributed by atoms with E-state index in [0.29, 0.717) is 18.8 Å². The molecule has 0 spiro atoms. The van der Waals surface area contributed by atoms with Gasteiger partial charge < -0.3 is 4.90 Å². The average molecular weight is 320 g/mol. The van der Waals surface area contributed by atoms with Crippen molar-refractivity contribution in [2.45, 2.75) is 25.2 Å². The van der Waals surface area contributed by atoms with Crippen LogP contribution in [0.2, 0.25) is 0 Å². The molecule has 1 aromatic carbocycles. The highest BCUT2D eigenvalue weighted by Crippen LogP contribution is 2.30. The third kappa shape index (κ3) is 3.45. The molecule has 0 radical (unpaired) electrons. The minimum absolute atomic E-state index is 0.144. The molecule has 0 atom stereocenters. The van der Waals surface area contributed by atoms with E-state index >= 15 is 0 Å². The van der Waals surface area contributed by atoms with Crippen LogP contribution in [-0.2, 0) is 21.2 Å². The zero-order chi connectivity index (χ0) is 16.2. The summed E-state index contributed by atoms with van der Waals surface area (Å²) in [5.41, 5.74) is 1.66. The molecule has 6 heteroatoms. The van der Waals surface area contributed by atoms with Gasteiger partial charge in [-0.1, -0.05) is 31.2 Å². The number of hydrogen-bond acceptors (Lipinski definition) is 3. The first-order valence-electron chi connectivity index (χ1n) is 7.23. The lowest BCUT2D eigenvalue weighted by Crippen LogP contribution is -2.27. The van der Waals surface area contributed by atoms with Crippen molar-refractivity contribution in [1.82, 2.24) is 4.72 Å². The first-order chi connectivity index (χ1) is 10.5. The minimum atomic E-state index is -3.52. The van der Waals surface area contributed by atoms with E-state index < -0.39 is 10.0 Å². The molecule has 1 aliphatic rings. The van der Waals surface area contributed by atoms with Crippen molar-refractivity contribution in [3.63, 3.8) is 0 Å². The minimum Gasteiger partial charge on any atom is -0.308 e. The van der Waals surface area contributed by atoms with E-state index in [0.717, 1.165) is 12.0 Å². The molecule has 5 nitrogen and oxygen atoms in total. The van der Waals surface area contributed by atoms with Crippen LogP contribution in [0.1, 0.15) is 19.4 Å². The van der Waals surface area contributed by atoms with Crippen LogP contribution in [-0.4, -0.2) is 27.4 Å². The lowest BCUT2D eigenvalue weighted by atomic mass is 10.2. The molecule has 118 valence electrons. The molecule has 0 fully saturated rings. The predicted molar refractivity (Wildman–Crippen MR) is 87.3 cm³/mol. The van der Waals surface area contributed by atoms with Crippen LogP contribution < -0.4 is 9.62 Å². The predicted octanol–water partition coefficient (Wildman–Crippen LogP) is 2.01. The summed E-state index contributed by atoms with van der Waals surface area (Å²) in [6.45, 7) is 4.50. The van der Waals surface area contributed by atoms with Gasteiger partial charge in [0.15, 0.2) is 0 Å². The fourth-order valence-corrected chi connectivity index (χ4v) is 3.43. The Morgan fingerprint density at radius 2 is 2.14 bits per heavy atom. The van der Waals surface area contributed by atoms with Gasteiger partial charge in [0.2, 0.25) is 10.0 Å². The number of rotatable bonds is 5. The monoisotopic (exact) mass is 320 g/mol. The summed E-state index contributed by atoms with van der Waals surface area (Å²) in [7, 11) is -3.52. The molecule has 1 amide bonds. The molecule has 1 N–H and O–H groups in total. The zero-order valence-corrected chi connectivity index (χ0v) is 13.6. The Morgan fingerprint density at radius 1 is 1.36 bits per heavy atom. The van der Waals surface area contributed by atoms with Crippen LogP contribution in [0.3, 0.4) is 0 Å². The highest BCUT2D eigenvalue weighted by atomic mass is 32.2. The number of allylic oxidation sites excluding steroid dienone is 3. The van der Waals surface area contributed by atoms with Crippen molar-refractivity contribution in [3.05, 3.63) is 48.1 Å². The quantitative estimate of drug-likeness (QED) is 0.666. The number of nitrogens with zero attached hydrogens (tertiary/aromatic N) is 1. The molecule has 0 bridgehead atoms. The molecule has 0 unspecified atom stereocenters. The standard InChI is InChI=1S/C16H20N2O3S/c1-3-5-6-7-16(19)18-11-10-13-8-9-14(12-15(13)18)22(20,21)17-4-2/h3,5-9,12,17H,4,10-11H2,1-2H3. The smallest absolute Gasteiger partial charge is 0.250 e. The lowest BCUT2D eigenvalue weighted by Gasteiger charge is -2.16. The fraction of sp³-hybridized carbons (Fsp3) is 0.312. The van der Waals surface area contributed by atoms with Gasteiger partial charge in [0.1, 0.15) is 0 Å². The van der Waals surface area contributed by atoms with Crippen LogP contribution in [0.5, 0.6) is 0 Å². The van der Waals surface area contributed by atoms with Gasteiger partial charge in [-0.15, -0.1) is 0 Å². The number of benzene rings is 1. The topological polar surface area (TPSA) is 66.5 Å². The van der Waals surface area contributed by atoms with Gasteiger partial charge in [0, 0.05) is 24.9 Å². The van der Waals surface area contributed by atoms with E-state index in [1.807, 2.05) is 13.0 Å². The van der Waals surface area contributed by atoms with E-state index in [1.165, 1.54) is 6.08 Å². The van der Waals surface area contributed by atoms with E-state index in [4.69, 9.17) is 0 Å². The van der Waals surface area contributed by atoms with Crippen molar-refractivity contribution in [2.75, 3.05) is 18.0 Å². The van der Waals surface area contributed by atoms with Crippen LogP contribution >= 0.6 is 0 Å². The summed E-state index contributed by atoms with van der Waals surface area (Å²) in [5.74, 6) is -0.144. The highest BCUT2D eigenvalue weighted by molar-refractivity contribution is 7.89. The first kappa shape index (κ1) is 16.5. The number of amides is 1. The molecule has 0 aliphatic carbocycles. The number of hydrogen-bond donors (Lipinski definition) is 1. The summed E-state index contributed by atoms with van der Waals surface area (Å²) in [6.07, 6.45) is 7.52. The number of carbonyl (C=O) groups excluding carboxylic acids is 1. The van der Waals surface area contributed by atoms with Gasteiger partial charge in [-0.2, -0.15) is 0 Å². The molecule has 2 rings (SSSR count). The normalized spacial score (nSPS) is 14.9. The number of anilines is 1. The van der Waals surface area contributed by atoms with Crippen molar-refractivity contribution in [1.29, 1.82) is 0 Å². The summed E-state index contributed by atoms with van der Waals surface area (Å²) in [5, 5.41) is 0. The van der Waals surface area contributed by atoms with Gasteiger partial charge >= 0.3 is 0 Å². The second-order valence-corrected chi connectivity index (χ2v) is 6.68. The number of nitrogens with one attached hydrogen (secondary N) is 1. The van der Waals surface area contributed by atoms with Crippen molar-refractivity contribution in [2.24, 2.45) is 0 Å². The van der Waals surface area contributed by atoms with Gasteiger partial charge in [-0.25, -0.2) is 13.1 Å². The first-order valence-corrected chi connectivity index (χ1v) is 8.71. The Bertz CT molecular complexity index is 721. The van der Waals surface area contributed by atoms with Crippen LogP contribution in [0, 0.1) is 0 Å². The Kier molecular flexibility index (Phi) is 5.15. The van der Waals surface area contributed by atoms with Crippen molar-refractivity contribution < 1.29 is 13.2 Å². The van der Waals surface area contributed by atoms with Crippen LogP contribution in [0.4, 0.5) is 5.69 Å². The van der Waals surface area contributed by atoms with Gasteiger partial charge in [-0.3, -0.25) is 4.79 Å². The third-order valence-electron chi connectivity index (χ3n) is 3.41. The van der Waals surface area contributed by atoms with Crippen LogP contribution in [0.25, 0.3) is 0 Å². The maximum Gasteiger partial charge on any atom is 0.250 e. The van der Waals surface area contributed by atoms with E-state index in [-0.39, 0.29) is 10.8 Å². The van der Waals surface area contributed by atoms with Crippen LogP contribution in [0.15, 0.2) is 47.4 Å². The maximum absolute atomic E-state index is 12.2. The largest absolute Gasteiger partial charge is 0.308 e. The van der Waals surface area contributed by atoms with Gasteiger partial charge in [-0.05, 0) is 31.0 Å². The Hall–Kier alpha value is -1.92. The molecule has 22 heavy (non-hydrogen) atoms. The van der Waals surface area contributed by atoms with Gasteiger partial charge in [0.05, 0.1) is 4.90 Å². The summed E-state index contributed by atoms with van der Waals surface area (Å²) >= 11 is 0. The Balaban J connectivity index is 2.32. The lowest BCUT2D eigenvalue weighted by molar-refractivity contribution is -0.114. The molecule has 0 saturated heterocycles. The second kappa shape index (κ2) is 6.89. The number of sulfonamides is 1. The number of carbonyl (C=O) groups is 1. The van der Waals surface area contributed by atoms with E-state index in [9.17, 15) is 13.2 Å². The fourth-order valence-electron chi connectivity index (χ4n) is 2.37. The summed E-state index contributed by atoms with van der Waals surface area (Å²) < 4.78 is 26.6.